The average Bonchev–Trinajstić information content (AvgIpc) is 2.34. The fourth-order valence-corrected chi connectivity index (χ4v) is 1.37. The van der Waals surface area contributed by atoms with Crippen LogP contribution < -0.4 is 5.32 Å². The van der Waals surface area contributed by atoms with E-state index >= 15 is 0 Å². The summed E-state index contributed by atoms with van der Waals surface area (Å²) in [5.41, 5.74) is 0. The molecule has 0 amide bonds. The Kier molecular flexibility index (Phi) is 5.39. The topological polar surface area (TPSA) is 64.1 Å². The highest BCUT2D eigenvalue weighted by Gasteiger charge is 2.08. The predicted molar refractivity (Wildman–Crippen MR) is 65.9 cm³/mol. The van der Waals surface area contributed by atoms with E-state index in [0.717, 1.165) is 13.0 Å². The summed E-state index contributed by atoms with van der Waals surface area (Å²) in [6.45, 7) is 5.23. The van der Waals surface area contributed by atoms with Crippen molar-refractivity contribution >= 4 is 11.8 Å². The number of esters is 1. The number of nitrogens with one attached hydrogen (secondary N) is 1. The lowest BCUT2D eigenvalue weighted by atomic mass is 10.1. The molecule has 5 heteroatoms. The maximum absolute atomic E-state index is 11.2. The van der Waals surface area contributed by atoms with Crippen molar-refractivity contribution < 1.29 is 9.53 Å². The van der Waals surface area contributed by atoms with Crippen LogP contribution in [0.1, 0.15) is 37.3 Å². The number of ether oxygens (including phenoxy) is 1. The highest BCUT2D eigenvalue weighted by molar-refractivity contribution is 5.85. The lowest BCUT2D eigenvalue weighted by Gasteiger charge is -2.07. The van der Waals surface area contributed by atoms with Crippen LogP contribution in [0.25, 0.3) is 0 Å². The van der Waals surface area contributed by atoms with Gasteiger partial charge in [0.15, 0.2) is 0 Å². The van der Waals surface area contributed by atoms with Crippen molar-refractivity contribution in [3.8, 4) is 0 Å². The molecule has 17 heavy (non-hydrogen) atoms. The van der Waals surface area contributed by atoms with Gasteiger partial charge in [-0.25, -0.2) is 14.8 Å². The Hall–Kier alpha value is -1.65. The number of hydrogen-bond acceptors (Lipinski definition) is 5. The first-order valence-corrected chi connectivity index (χ1v) is 5.78. The molecule has 0 aliphatic carbocycles. The largest absolute Gasteiger partial charge is 0.463 e. The molecule has 5 nitrogen and oxygen atoms in total. The molecule has 1 N–H and O–H groups in total. The van der Waals surface area contributed by atoms with Gasteiger partial charge in [0.25, 0.3) is 0 Å². The Bertz CT molecular complexity index is 367. The summed E-state index contributed by atoms with van der Waals surface area (Å²) < 4.78 is 4.56. The summed E-state index contributed by atoms with van der Waals surface area (Å²) in [7, 11) is 1.31. The van der Waals surface area contributed by atoms with Gasteiger partial charge in [0, 0.05) is 12.7 Å². The summed E-state index contributed by atoms with van der Waals surface area (Å²) >= 11 is 0. The van der Waals surface area contributed by atoms with Crippen molar-refractivity contribution in [2.24, 2.45) is 5.92 Å². The van der Waals surface area contributed by atoms with Gasteiger partial charge in [-0.1, -0.05) is 13.8 Å². The minimum Gasteiger partial charge on any atom is -0.463 e. The number of anilines is 1. The van der Waals surface area contributed by atoms with Crippen molar-refractivity contribution in [3.05, 3.63) is 18.1 Å². The van der Waals surface area contributed by atoms with E-state index in [-0.39, 0.29) is 5.82 Å². The Balaban J connectivity index is 2.46. The van der Waals surface area contributed by atoms with Crippen LogP contribution in [0.4, 0.5) is 5.82 Å². The molecule has 0 bridgehead atoms. The maximum Gasteiger partial charge on any atom is 0.376 e. The Morgan fingerprint density at radius 2 is 2.29 bits per heavy atom. The normalized spacial score (nSPS) is 10.4. The first-order valence-electron chi connectivity index (χ1n) is 5.78. The maximum atomic E-state index is 11.2. The Morgan fingerprint density at radius 1 is 1.53 bits per heavy atom. The van der Waals surface area contributed by atoms with Crippen LogP contribution in [-0.4, -0.2) is 29.6 Å². The van der Waals surface area contributed by atoms with E-state index in [0.29, 0.717) is 11.7 Å². The Morgan fingerprint density at radius 3 is 2.94 bits per heavy atom. The van der Waals surface area contributed by atoms with E-state index in [1.54, 1.807) is 12.3 Å². The number of methoxy groups -OCH3 is 1. The van der Waals surface area contributed by atoms with Gasteiger partial charge in [-0.05, 0) is 24.8 Å². The lowest BCUT2D eigenvalue weighted by molar-refractivity contribution is 0.0587. The molecule has 0 unspecified atom stereocenters. The number of carbonyl (C=O) groups is 1. The zero-order chi connectivity index (χ0) is 12.7. The predicted octanol–water partition coefficient (Wildman–Crippen LogP) is 2.11. The van der Waals surface area contributed by atoms with Crippen molar-refractivity contribution in [1.82, 2.24) is 9.97 Å². The number of hydrogen-bond donors (Lipinski definition) is 1. The van der Waals surface area contributed by atoms with Crippen molar-refractivity contribution in [1.29, 1.82) is 0 Å². The molecule has 1 aromatic heterocycles. The fraction of sp³-hybridized carbons (Fsp3) is 0.583. The highest BCUT2D eigenvalue weighted by atomic mass is 16.5. The molecular formula is C12H19N3O2. The number of aromatic nitrogens is 2. The second-order valence-electron chi connectivity index (χ2n) is 4.22. The van der Waals surface area contributed by atoms with Crippen LogP contribution in [0, 0.1) is 5.92 Å². The fourth-order valence-electron chi connectivity index (χ4n) is 1.37. The van der Waals surface area contributed by atoms with Crippen LogP contribution >= 0.6 is 0 Å². The van der Waals surface area contributed by atoms with Crippen LogP contribution in [0.3, 0.4) is 0 Å². The van der Waals surface area contributed by atoms with E-state index in [4.69, 9.17) is 0 Å². The third-order valence-corrected chi connectivity index (χ3v) is 2.29. The van der Waals surface area contributed by atoms with E-state index < -0.39 is 5.97 Å². The zero-order valence-electron chi connectivity index (χ0n) is 10.6. The van der Waals surface area contributed by atoms with Gasteiger partial charge in [0.2, 0.25) is 5.82 Å². The van der Waals surface area contributed by atoms with Crippen molar-refractivity contribution in [3.63, 3.8) is 0 Å². The summed E-state index contributed by atoms with van der Waals surface area (Å²) in [5, 5.41) is 3.16. The average molecular weight is 237 g/mol. The van der Waals surface area contributed by atoms with Gasteiger partial charge < -0.3 is 10.1 Å². The van der Waals surface area contributed by atoms with E-state index in [1.165, 1.54) is 13.5 Å². The van der Waals surface area contributed by atoms with Gasteiger partial charge in [-0.3, -0.25) is 0 Å². The second kappa shape index (κ2) is 6.83. The Labute approximate surface area is 102 Å². The second-order valence-corrected chi connectivity index (χ2v) is 4.22. The molecule has 1 heterocycles. The summed E-state index contributed by atoms with van der Waals surface area (Å²) in [6.07, 6.45) is 3.79. The monoisotopic (exact) mass is 237 g/mol. The molecule has 94 valence electrons. The molecule has 1 rings (SSSR count). The zero-order valence-corrected chi connectivity index (χ0v) is 10.6. The summed E-state index contributed by atoms with van der Waals surface area (Å²) in [4.78, 5) is 19.1. The molecule has 0 aliphatic heterocycles. The summed E-state index contributed by atoms with van der Waals surface area (Å²) in [6, 6.07) is 1.74. The molecule has 0 spiro atoms. The van der Waals surface area contributed by atoms with Gasteiger partial charge in [-0.15, -0.1) is 0 Å². The molecule has 0 atom stereocenters. The molecule has 0 aliphatic rings. The highest BCUT2D eigenvalue weighted by Crippen LogP contribution is 2.06. The smallest absolute Gasteiger partial charge is 0.376 e. The third kappa shape index (κ3) is 4.80. The number of nitrogens with zero attached hydrogens (tertiary/aromatic N) is 2. The molecule has 0 saturated heterocycles. The van der Waals surface area contributed by atoms with Gasteiger partial charge in [0.05, 0.1) is 7.11 Å². The molecule has 0 fully saturated rings. The van der Waals surface area contributed by atoms with Crippen molar-refractivity contribution in [2.75, 3.05) is 19.0 Å². The molecule has 1 aromatic rings. The standard InChI is InChI=1S/C12H19N3O2/c1-9(2)5-4-7-13-10-6-8-14-11(15-10)12(16)17-3/h6,8-9H,4-5,7H2,1-3H3,(H,13,14,15). The lowest BCUT2D eigenvalue weighted by Crippen LogP contribution is -2.10. The van der Waals surface area contributed by atoms with Crippen LogP contribution in [0.5, 0.6) is 0 Å². The molecule has 0 radical (unpaired) electrons. The summed E-state index contributed by atoms with van der Waals surface area (Å²) in [5.74, 6) is 0.925. The number of rotatable bonds is 6. The van der Waals surface area contributed by atoms with E-state index in [9.17, 15) is 4.79 Å². The van der Waals surface area contributed by atoms with E-state index in [2.05, 4.69) is 33.9 Å². The SMILES string of the molecule is COC(=O)c1nccc(NCCCC(C)C)n1. The molecule has 0 aromatic carbocycles. The minimum absolute atomic E-state index is 0.0846. The van der Waals surface area contributed by atoms with Gasteiger partial charge >= 0.3 is 5.97 Å². The third-order valence-electron chi connectivity index (χ3n) is 2.29. The van der Waals surface area contributed by atoms with Crippen molar-refractivity contribution in [2.45, 2.75) is 26.7 Å². The first-order chi connectivity index (χ1) is 8.13. The number of carbonyl (C=O) groups excluding carboxylic acids is 1. The first kappa shape index (κ1) is 13.4. The van der Waals surface area contributed by atoms with Gasteiger partial charge in [-0.2, -0.15) is 0 Å². The van der Waals surface area contributed by atoms with Crippen LogP contribution in [0.15, 0.2) is 12.3 Å². The van der Waals surface area contributed by atoms with Crippen LogP contribution in [0.2, 0.25) is 0 Å². The quantitative estimate of drug-likeness (QED) is 0.606. The minimum atomic E-state index is -0.518. The van der Waals surface area contributed by atoms with Crippen LogP contribution in [-0.2, 0) is 4.74 Å². The molecular weight excluding hydrogens is 218 g/mol. The van der Waals surface area contributed by atoms with E-state index in [1.807, 2.05) is 0 Å². The molecule has 0 saturated carbocycles. The van der Waals surface area contributed by atoms with Gasteiger partial charge in [0.1, 0.15) is 5.82 Å².